The Bertz CT molecular complexity index is 963. The van der Waals surface area contributed by atoms with Gasteiger partial charge in [0.1, 0.15) is 6.04 Å². The van der Waals surface area contributed by atoms with Crippen LogP contribution in [0.4, 0.5) is 4.79 Å². The largest absolute Gasteiger partial charge is 0.454 e. The molecule has 0 aromatic heterocycles. The molecule has 2 heterocycles. The summed E-state index contributed by atoms with van der Waals surface area (Å²) in [5.41, 5.74) is 2.00. The molecule has 1 atom stereocenters. The average molecular weight is 423 g/mol. The van der Waals surface area contributed by atoms with E-state index < -0.39 is 12.1 Å². The number of carbonyl (C=O) groups excluding carboxylic acids is 3. The molecule has 0 spiro atoms. The minimum absolute atomic E-state index is 0.121. The summed E-state index contributed by atoms with van der Waals surface area (Å²) in [4.78, 5) is 38.2. The van der Waals surface area contributed by atoms with E-state index in [9.17, 15) is 14.4 Å². The van der Waals surface area contributed by atoms with Gasteiger partial charge in [0, 0.05) is 13.0 Å². The lowest BCUT2D eigenvalue weighted by atomic mass is 10.1. The van der Waals surface area contributed by atoms with Crippen molar-refractivity contribution in [2.45, 2.75) is 38.3 Å². The second kappa shape index (κ2) is 9.51. The summed E-state index contributed by atoms with van der Waals surface area (Å²) < 4.78 is 10.6. The Morgan fingerprint density at radius 2 is 1.87 bits per heavy atom. The van der Waals surface area contributed by atoms with Crippen LogP contribution in [0.2, 0.25) is 0 Å². The fourth-order valence-electron chi connectivity index (χ4n) is 3.67. The van der Waals surface area contributed by atoms with Crippen molar-refractivity contribution in [2.75, 3.05) is 13.3 Å². The molecule has 1 fully saturated rings. The van der Waals surface area contributed by atoms with Crippen molar-refractivity contribution in [1.82, 2.24) is 15.5 Å². The minimum Gasteiger partial charge on any atom is -0.454 e. The fraction of sp³-hybridized carbons (Fsp3) is 0.348. The summed E-state index contributed by atoms with van der Waals surface area (Å²) in [5.74, 6) is 0.808. The maximum atomic E-state index is 12.6. The summed E-state index contributed by atoms with van der Waals surface area (Å²) in [7, 11) is 0. The van der Waals surface area contributed by atoms with Gasteiger partial charge in [0.2, 0.25) is 12.7 Å². The monoisotopic (exact) mass is 423 g/mol. The number of amides is 4. The molecule has 8 heteroatoms. The van der Waals surface area contributed by atoms with Gasteiger partial charge < -0.3 is 20.1 Å². The number of hydrogen-bond donors (Lipinski definition) is 2. The normalized spacial score (nSPS) is 17.0. The first-order valence-corrected chi connectivity index (χ1v) is 10.4. The fourth-order valence-corrected chi connectivity index (χ4v) is 3.67. The number of fused-ring (bicyclic) bond motifs is 1. The van der Waals surface area contributed by atoms with Crippen LogP contribution in [0, 0.1) is 0 Å². The molecular weight excluding hydrogens is 398 g/mol. The van der Waals surface area contributed by atoms with Gasteiger partial charge in [-0.3, -0.25) is 14.5 Å². The van der Waals surface area contributed by atoms with Gasteiger partial charge in [-0.1, -0.05) is 36.4 Å². The molecule has 2 aromatic carbocycles. The topological polar surface area (TPSA) is 97.0 Å². The summed E-state index contributed by atoms with van der Waals surface area (Å²) in [6.45, 7) is 0.886. The number of nitrogens with one attached hydrogen (secondary N) is 2. The highest BCUT2D eigenvalue weighted by Crippen LogP contribution is 2.33. The zero-order valence-corrected chi connectivity index (χ0v) is 17.1. The number of rotatable bonds is 9. The smallest absolute Gasteiger partial charge is 0.325 e. The van der Waals surface area contributed by atoms with E-state index >= 15 is 0 Å². The molecular formula is C23H25N3O5. The zero-order valence-electron chi connectivity index (χ0n) is 17.1. The highest BCUT2D eigenvalue weighted by molar-refractivity contribution is 6.04. The Kier molecular flexibility index (Phi) is 6.35. The number of ether oxygens (including phenoxy) is 2. The molecule has 0 aliphatic carbocycles. The number of hydrogen-bond acceptors (Lipinski definition) is 5. The first kappa shape index (κ1) is 20.7. The van der Waals surface area contributed by atoms with Gasteiger partial charge in [-0.05, 0) is 42.5 Å². The van der Waals surface area contributed by atoms with Crippen molar-refractivity contribution >= 4 is 17.8 Å². The van der Waals surface area contributed by atoms with Crippen LogP contribution in [0.5, 0.6) is 11.5 Å². The third-order valence-electron chi connectivity index (χ3n) is 5.35. The predicted octanol–water partition coefficient (Wildman–Crippen LogP) is 2.36. The molecule has 1 saturated heterocycles. The van der Waals surface area contributed by atoms with Crippen LogP contribution in [0.15, 0.2) is 48.5 Å². The second-order valence-electron chi connectivity index (χ2n) is 7.59. The Labute approximate surface area is 180 Å². The number of carbonyl (C=O) groups is 3. The third-order valence-corrected chi connectivity index (χ3v) is 5.35. The van der Waals surface area contributed by atoms with Gasteiger partial charge in [0.05, 0.1) is 6.54 Å². The van der Waals surface area contributed by atoms with Crippen LogP contribution in [-0.2, 0) is 22.6 Å². The Hall–Kier alpha value is -3.55. The summed E-state index contributed by atoms with van der Waals surface area (Å²) in [6.07, 6.45) is 2.19. The molecule has 162 valence electrons. The van der Waals surface area contributed by atoms with Crippen LogP contribution in [0.25, 0.3) is 0 Å². The molecule has 2 aliphatic heterocycles. The molecule has 0 bridgehead atoms. The second-order valence-corrected chi connectivity index (χ2v) is 7.59. The molecule has 4 rings (SSSR count). The summed E-state index contributed by atoms with van der Waals surface area (Å²) >= 11 is 0. The lowest BCUT2D eigenvalue weighted by Gasteiger charge is -2.13. The van der Waals surface area contributed by atoms with E-state index in [4.69, 9.17) is 9.47 Å². The van der Waals surface area contributed by atoms with Crippen molar-refractivity contribution in [3.8, 4) is 11.5 Å². The quantitative estimate of drug-likeness (QED) is 0.477. The van der Waals surface area contributed by atoms with Crippen LogP contribution < -0.4 is 20.1 Å². The van der Waals surface area contributed by atoms with Crippen molar-refractivity contribution in [3.63, 3.8) is 0 Å². The van der Waals surface area contributed by atoms with Gasteiger partial charge in [0.15, 0.2) is 11.5 Å². The van der Waals surface area contributed by atoms with Crippen LogP contribution in [-0.4, -0.2) is 42.1 Å². The van der Waals surface area contributed by atoms with Crippen molar-refractivity contribution in [1.29, 1.82) is 0 Å². The van der Waals surface area contributed by atoms with Crippen LogP contribution in [0.1, 0.15) is 30.4 Å². The zero-order chi connectivity index (χ0) is 21.6. The summed E-state index contributed by atoms with van der Waals surface area (Å²) in [6, 6.07) is 14.3. The van der Waals surface area contributed by atoms with Crippen molar-refractivity contribution in [3.05, 3.63) is 59.7 Å². The maximum Gasteiger partial charge on any atom is 0.325 e. The molecule has 4 amide bonds. The van der Waals surface area contributed by atoms with Gasteiger partial charge in [0.25, 0.3) is 5.91 Å². The van der Waals surface area contributed by atoms with Crippen molar-refractivity contribution in [2.24, 2.45) is 0 Å². The lowest BCUT2D eigenvalue weighted by Crippen LogP contribution is -2.32. The van der Waals surface area contributed by atoms with E-state index in [1.165, 1.54) is 10.5 Å². The third kappa shape index (κ3) is 5.14. The van der Waals surface area contributed by atoms with E-state index in [-0.39, 0.29) is 38.0 Å². The molecule has 0 radical (unpaired) electrons. The van der Waals surface area contributed by atoms with Gasteiger partial charge in [-0.15, -0.1) is 0 Å². The first-order valence-electron chi connectivity index (χ1n) is 10.4. The van der Waals surface area contributed by atoms with Gasteiger partial charge in [-0.25, -0.2) is 4.79 Å². The SMILES string of the molecule is O=C(CC[C@@H]1NC(=O)N(Cc2ccc3c(c2)OCO3)C1=O)NCCCc1ccccc1. The highest BCUT2D eigenvalue weighted by atomic mass is 16.7. The number of imide groups is 1. The number of aryl methyl sites for hydroxylation is 1. The Morgan fingerprint density at radius 3 is 2.71 bits per heavy atom. The van der Waals surface area contributed by atoms with Gasteiger partial charge >= 0.3 is 6.03 Å². The van der Waals surface area contributed by atoms with E-state index in [1.54, 1.807) is 18.2 Å². The van der Waals surface area contributed by atoms with E-state index in [2.05, 4.69) is 22.8 Å². The molecule has 8 nitrogen and oxygen atoms in total. The Balaban J connectivity index is 1.20. The average Bonchev–Trinajstić information content (AvgIpc) is 3.35. The first-order chi connectivity index (χ1) is 15.1. The molecule has 0 saturated carbocycles. The lowest BCUT2D eigenvalue weighted by molar-refractivity contribution is -0.128. The number of nitrogens with zero attached hydrogens (tertiary/aromatic N) is 1. The summed E-state index contributed by atoms with van der Waals surface area (Å²) in [5, 5.41) is 5.55. The highest BCUT2D eigenvalue weighted by Gasteiger charge is 2.38. The van der Waals surface area contributed by atoms with E-state index in [0.717, 1.165) is 18.4 Å². The van der Waals surface area contributed by atoms with E-state index in [1.807, 2.05) is 18.2 Å². The molecule has 2 N–H and O–H groups in total. The predicted molar refractivity (Wildman–Crippen MR) is 112 cm³/mol. The van der Waals surface area contributed by atoms with Crippen LogP contribution in [0.3, 0.4) is 0 Å². The molecule has 2 aliphatic rings. The molecule has 2 aromatic rings. The minimum atomic E-state index is -0.684. The van der Waals surface area contributed by atoms with E-state index in [0.29, 0.717) is 18.0 Å². The molecule has 0 unspecified atom stereocenters. The standard InChI is InChI=1S/C23H25N3O5/c27-21(24-12-4-7-16-5-2-1-3-6-16)11-9-18-22(28)26(23(29)25-18)14-17-8-10-19-20(13-17)31-15-30-19/h1-3,5-6,8,10,13,18H,4,7,9,11-12,14-15H2,(H,24,27)(H,25,29)/t18-/m0/s1. The maximum absolute atomic E-state index is 12.6. The van der Waals surface area contributed by atoms with Crippen LogP contribution >= 0.6 is 0 Å². The Morgan fingerprint density at radius 1 is 1.06 bits per heavy atom. The molecule has 31 heavy (non-hydrogen) atoms. The number of benzene rings is 2. The number of urea groups is 1. The van der Waals surface area contributed by atoms with Crippen molar-refractivity contribution < 1.29 is 23.9 Å². The van der Waals surface area contributed by atoms with Gasteiger partial charge in [-0.2, -0.15) is 0 Å².